The number of hydrogen-bond acceptors (Lipinski definition) is 6. The molecule has 42 heavy (non-hydrogen) atoms. The van der Waals surface area contributed by atoms with Gasteiger partial charge in [0.05, 0.1) is 36.7 Å². The topological polar surface area (TPSA) is 81.8 Å². The van der Waals surface area contributed by atoms with Crippen LogP contribution in [0.4, 0.5) is 0 Å². The molecule has 2 aromatic heterocycles. The standard InChI is InChI=1S/C34H38N4O4/c1-4-41-34(40)33-26(16-9-20-42-30-17-7-12-23-11-5-6-13-24(23)30)25-14-8-15-27-31-28(22-39)35-37(3)29(31)21-36(2)18-10-19-38(33)32(25)27/h5-8,11-15,17,39H,4,9-10,16,18-22H2,1-3H3. The van der Waals surface area contributed by atoms with Crippen LogP contribution in [0.2, 0.25) is 0 Å². The van der Waals surface area contributed by atoms with E-state index in [2.05, 4.69) is 51.9 Å². The average molecular weight is 567 g/mol. The Morgan fingerprint density at radius 3 is 2.62 bits per heavy atom. The molecule has 0 saturated carbocycles. The number of fused-ring (bicyclic) bond motifs is 3. The summed E-state index contributed by atoms with van der Waals surface area (Å²) < 4.78 is 15.9. The largest absolute Gasteiger partial charge is 0.493 e. The highest BCUT2D eigenvalue weighted by molar-refractivity contribution is 6.05. The molecule has 0 saturated heterocycles. The first-order chi connectivity index (χ1) is 20.5. The molecule has 5 aromatic rings. The van der Waals surface area contributed by atoms with E-state index in [4.69, 9.17) is 9.47 Å². The first-order valence-electron chi connectivity index (χ1n) is 14.8. The van der Waals surface area contributed by atoms with Gasteiger partial charge in [0.2, 0.25) is 0 Å². The van der Waals surface area contributed by atoms with E-state index in [1.807, 2.05) is 49.0 Å². The predicted octanol–water partition coefficient (Wildman–Crippen LogP) is 5.71. The average Bonchev–Trinajstić information content (AvgIpc) is 3.49. The van der Waals surface area contributed by atoms with Gasteiger partial charge in [0.1, 0.15) is 11.4 Å². The molecule has 1 aliphatic heterocycles. The molecule has 6 rings (SSSR count). The molecule has 0 spiro atoms. The first-order valence-corrected chi connectivity index (χ1v) is 14.8. The van der Waals surface area contributed by atoms with Crippen molar-refractivity contribution in [1.29, 1.82) is 0 Å². The van der Waals surface area contributed by atoms with Crippen LogP contribution in [0.3, 0.4) is 0 Å². The van der Waals surface area contributed by atoms with Crippen molar-refractivity contribution in [2.45, 2.75) is 45.9 Å². The van der Waals surface area contributed by atoms with Crippen LogP contribution in [0, 0.1) is 0 Å². The number of carbonyl (C=O) groups is 1. The first kappa shape index (κ1) is 28.0. The third-order valence-electron chi connectivity index (χ3n) is 8.23. The number of ether oxygens (including phenoxy) is 2. The lowest BCUT2D eigenvalue weighted by atomic mass is 9.97. The van der Waals surface area contributed by atoms with Crippen molar-refractivity contribution < 1.29 is 19.4 Å². The van der Waals surface area contributed by atoms with Crippen molar-refractivity contribution in [3.8, 4) is 16.9 Å². The maximum absolute atomic E-state index is 13.6. The molecule has 0 fully saturated rings. The number of hydrogen-bond donors (Lipinski definition) is 1. The normalized spacial score (nSPS) is 13.8. The minimum Gasteiger partial charge on any atom is -0.493 e. The van der Waals surface area contributed by atoms with Crippen LogP contribution in [0.5, 0.6) is 5.75 Å². The van der Waals surface area contributed by atoms with E-state index < -0.39 is 0 Å². The number of benzene rings is 3. The SMILES string of the molecule is CCOC(=O)c1c(CCCOc2cccc3ccccc23)c2cccc3c2n1CCCN(C)Cc1c-3c(CO)nn1C. The van der Waals surface area contributed by atoms with E-state index in [9.17, 15) is 9.90 Å². The number of carbonyl (C=O) groups excluding carboxylic acids is 1. The van der Waals surface area contributed by atoms with Crippen molar-refractivity contribution in [2.75, 3.05) is 26.8 Å². The van der Waals surface area contributed by atoms with Gasteiger partial charge in [0.15, 0.2) is 0 Å². The van der Waals surface area contributed by atoms with E-state index >= 15 is 0 Å². The van der Waals surface area contributed by atoms with Crippen molar-refractivity contribution in [3.63, 3.8) is 0 Å². The number of rotatable bonds is 8. The Kier molecular flexibility index (Phi) is 8.00. The molecule has 218 valence electrons. The Morgan fingerprint density at radius 2 is 1.79 bits per heavy atom. The van der Waals surface area contributed by atoms with Crippen LogP contribution >= 0.6 is 0 Å². The van der Waals surface area contributed by atoms with Crippen LogP contribution in [0.25, 0.3) is 32.8 Å². The number of aliphatic hydroxyl groups is 1. The number of para-hydroxylation sites is 1. The quantitative estimate of drug-likeness (QED) is 0.191. The zero-order valence-electron chi connectivity index (χ0n) is 24.6. The van der Waals surface area contributed by atoms with Crippen molar-refractivity contribution in [3.05, 3.63) is 83.3 Å². The van der Waals surface area contributed by atoms with Crippen LogP contribution in [0.15, 0.2) is 60.7 Å². The van der Waals surface area contributed by atoms with E-state index in [0.717, 1.165) is 75.7 Å². The molecule has 1 aliphatic rings. The highest BCUT2D eigenvalue weighted by atomic mass is 16.5. The van der Waals surface area contributed by atoms with E-state index in [1.54, 1.807) is 0 Å². The van der Waals surface area contributed by atoms with Gasteiger partial charge >= 0.3 is 5.97 Å². The zero-order chi connectivity index (χ0) is 29.2. The number of esters is 1. The van der Waals surface area contributed by atoms with Gasteiger partial charge in [0, 0.05) is 42.0 Å². The Labute approximate surface area is 246 Å². The zero-order valence-corrected chi connectivity index (χ0v) is 24.6. The molecular formula is C34H38N4O4. The summed E-state index contributed by atoms with van der Waals surface area (Å²) in [7, 11) is 4.03. The summed E-state index contributed by atoms with van der Waals surface area (Å²) in [6, 6.07) is 20.6. The third-order valence-corrected chi connectivity index (χ3v) is 8.23. The Bertz CT molecular complexity index is 1750. The molecule has 8 heteroatoms. The van der Waals surface area contributed by atoms with Crippen LogP contribution in [-0.2, 0) is 37.9 Å². The minimum absolute atomic E-state index is 0.160. The predicted molar refractivity (Wildman–Crippen MR) is 165 cm³/mol. The van der Waals surface area contributed by atoms with Gasteiger partial charge in [-0.2, -0.15) is 5.10 Å². The fraction of sp³-hybridized carbons (Fsp3) is 0.353. The molecule has 3 aromatic carbocycles. The molecule has 0 atom stereocenters. The molecule has 3 heterocycles. The van der Waals surface area contributed by atoms with Crippen LogP contribution in [0.1, 0.15) is 47.2 Å². The number of aliphatic hydroxyl groups excluding tert-OH is 1. The molecular weight excluding hydrogens is 528 g/mol. The van der Waals surface area contributed by atoms with E-state index in [-0.39, 0.29) is 12.6 Å². The second-order valence-electron chi connectivity index (χ2n) is 11.0. The summed E-state index contributed by atoms with van der Waals surface area (Å²) in [5, 5.41) is 18.3. The summed E-state index contributed by atoms with van der Waals surface area (Å²) in [6.07, 6.45) is 2.28. The molecule has 0 unspecified atom stereocenters. The summed E-state index contributed by atoms with van der Waals surface area (Å²) in [6.45, 7) is 4.78. The van der Waals surface area contributed by atoms with Gasteiger partial charge < -0.3 is 24.0 Å². The molecule has 0 radical (unpaired) electrons. The fourth-order valence-electron chi connectivity index (χ4n) is 6.40. The lowest BCUT2D eigenvalue weighted by molar-refractivity contribution is 0.0512. The second kappa shape index (κ2) is 12.0. The Hall–Kier alpha value is -4.14. The lowest BCUT2D eigenvalue weighted by Gasteiger charge is -2.21. The molecule has 0 bridgehead atoms. The maximum Gasteiger partial charge on any atom is 0.355 e. The number of aryl methyl sites for hydroxylation is 3. The van der Waals surface area contributed by atoms with E-state index in [0.29, 0.717) is 37.6 Å². The van der Waals surface area contributed by atoms with Gasteiger partial charge in [-0.05, 0) is 56.8 Å². The number of nitrogens with zero attached hydrogens (tertiary/aromatic N) is 4. The summed E-state index contributed by atoms with van der Waals surface area (Å²) in [4.78, 5) is 15.9. The molecule has 0 amide bonds. The van der Waals surface area contributed by atoms with Crippen molar-refractivity contribution in [2.24, 2.45) is 7.05 Å². The smallest absolute Gasteiger partial charge is 0.355 e. The second-order valence-corrected chi connectivity index (χ2v) is 11.0. The van der Waals surface area contributed by atoms with E-state index in [1.165, 1.54) is 0 Å². The summed E-state index contributed by atoms with van der Waals surface area (Å²) in [5.74, 6) is 0.565. The summed E-state index contributed by atoms with van der Waals surface area (Å²) in [5.41, 5.74) is 6.21. The Balaban J connectivity index is 1.43. The highest BCUT2D eigenvalue weighted by Gasteiger charge is 2.29. The molecule has 1 N–H and O–H groups in total. The Morgan fingerprint density at radius 1 is 1.00 bits per heavy atom. The molecule has 0 aliphatic carbocycles. The van der Waals surface area contributed by atoms with Gasteiger partial charge in [0.25, 0.3) is 0 Å². The van der Waals surface area contributed by atoms with Gasteiger partial charge in [-0.1, -0.05) is 54.6 Å². The highest BCUT2D eigenvalue weighted by Crippen LogP contribution is 2.39. The fourth-order valence-corrected chi connectivity index (χ4v) is 6.40. The van der Waals surface area contributed by atoms with Gasteiger partial charge in [-0.3, -0.25) is 4.68 Å². The molecule has 8 nitrogen and oxygen atoms in total. The lowest BCUT2D eigenvalue weighted by Crippen LogP contribution is -2.24. The minimum atomic E-state index is -0.302. The van der Waals surface area contributed by atoms with Crippen LogP contribution < -0.4 is 4.74 Å². The van der Waals surface area contributed by atoms with Crippen molar-refractivity contribution >= 4 is 27.6 Å². The van der Waals surface area contributed by atoms with Crippen LogP contribution in [-0.4, -0.2) is 57.1 Å². The van der Waals surface area contributed by atoms with Crippen molar-refractivity contribution in [1.82, 2.24) is 19.2 Å². The third kappa shape index (κ3) is 5.05. The van der Waals surface area contributed by atoms with Gasteiger partial charge in [-0.25, -0.2) is 4.79 Å². The number of aromatic nitrogens is 3. The monoisotopic (exact) mass is 566 g/mol. The summed E-state index contributed by atoms with van der Waals surface area (Å²) >= 11 is 0. The maximum atomic E-state index is 13.6. The van der Waals surface area contributed by atoms with Gasteiger partial charge in [-0.15, -0.1) is 0 Å².